The number of nitrogens with one attached hydrogen (secondary N) is 2. The molecular weight excluding hydrogens is 420 g/mol. The number of morpholine rings is 1. The number of fused-ring (bicyclic) bond motifs is 1. The third-order valence-electron chi connectivity index (χ3n) is 6.36. The number of methoxy groups -OCH3 is 1. The number of ether oxygens (including phenoxy) is 2. The molecule has 5 atom stereocenters. The third-order valence-corrected chi connectivity index (χ3v) is 6.68. The van der Waals surface area contributed by atoms with E-state index in [0.29, 0.717) is 24.9 Å². The number of amides is 1. The summed E-state index contributed by atoms with van der Waals surface area (Å²) in [7, 11) is 1.60. The van der Waals surface area contributed by atoms with Crippen molar-refractivity contribution >= 4 is 28.9 Å². The Morgan fingerprint density at radius 3 is 2.68 bits per heavy atom. The van der Waals surface area contributed by atoms with Crippen LogP contribution in [0.5, 0.6) is 5.75 Å². The normalized spacial score (nSPS) is 31.1. The molecule has 1 aromatic carbocycles. The zero-order chi connectivity index (χ0) is 22.0. The van der Waals surface area contributed by atoms with Gasteiger partial charge in [-0.25, -0.2) is 0 Å². The Hall–Kier alpha value is -1.98. The molecule has 1 saturated carbocycles. The first-order valence-electron chi connectivity index (χ1n) is 10.7. The van der Waals surface area contributed by atoms with E-state index in [1.165, 1.54) is 0 Å². The van der Waals surface area contributed by atoms with Crippen molar-refractivity contribution in [2.45, 2.75) is 30.7 Å². The lowest BCUT2D eigenvalue weighted by atomic mass is 9.77. The monoisotopic (exact) mass is 450 g/mol. The Labute approximate surface area is 187 Å². The molecule has 0 bridgehead atoms. The first-order valence-corrected chi connectivity index (χ1v) is 11.1. The van der Waals surface area contributed by atoms with Gasteiger partial charge < -0.3 is 35.2 Å². The van der Waals surface area contributed by atoms with E-state index in [1.807, 2.05) is 29.2 Å². The summed E-state index contributed by atoms with van der Waals surface area (Å²) in [5, 5.41) is 27.6. The topological polar surface area (TPSA) is 107 Å². The highest BCUT2D eigenvalue weighted by Crippen LogP contribution is 2.37. The quantitative estimate of drug-likeness (QED) is 0.419. The number of anilines is 1. The number of aliphatic hydroxyl groups excluding tert-OH is 2. The molecule has 0 spiro atoms. The molecule has 2 heterocycles. The van der Waals surface area contributed by atoms with Gasteiger partial charge in [-0.1, -0.05) is 0 Å². The van der Waals surface area contributed by atoms with Crippen molar-refractivity contribution in [3.05, 3.63) is 24.3 Å². The predicted octanol–water partition coefficient (Wildman–Crippen LogP) is -0.683. The average molecular weight is 451 g/mol. The standard InChI is InChI=1S/C21H30N4O5S/c1-29-14-4-2-13(3-5-14)25-18-15(12-16(26)19(27)17(18)23-21(25)31)20(28)22-6-7-24-8-10-30-11-9-24/h2-5,15-19,26-27H,6-12H2,1H3,(H,22,28)(H,23,31)/t15-,16-,17-,18-,19+/m1/s1. The molecule has 3 aliphatic rings. The highest BCUT2D eigenvalue weighted by atomic mass is 32.1. The van der Waals surface area contributed by atoms with Gasteiger partial charge in [-0.05, 0) is 42.9 Å². The summed E-state index contributed by atoms with van der Waals surface area (Å²) in [6, 6.07) is 6.48. The molecule has 31 heavy (non-hydrogen) atoms. The van der Waals surface area contributed by atoms with Crippen molar-refractivity contribution in [2.75, 3.05) is 51.4 Å². The molecule has 0 radical (unpaired) electrons. The van der Waals surface area contributed by atoms with Crippen molar-refractivity contribution in [3.8, 4) is 5.75 Å². The van der Waals surface area contributed by atoms with E-state index in [-0.39, 0.29) is 12.3 Å². The molecular formula is C21H30N4O5S. The maximum absolute atomic E-state index is 13.2. The second-order valence-corrected chi connectivity index (χ2v) is 8.57. The lowest BCUT2D eigenvalue weighted by Gasteiger charge is -2.41. The number of carbonyl (C=O) groups is 1. The molecule has 170 valence electrons. The summed E-state index contributed by atoms with van der Waals surface area (Å²) >= 11 is 5.54. The van der Waals surface area contributed by atoms with Crippen LogP contribution < -0.4 is 20.3 Å². The summed E-state index contributed by atoms with van der Waals surface area (Å²) in [6.07, 6.45) is -1.84. The van der Waals surface area contributed by atoms with Gasteiger partial charge in [0.15, 0.2) is 5.11 Å². The molecule has 0 unspecified atom stereocenters. The van der Waals surface area contributed by atoms with E-state index in [0.717, 1.165) is 31.1 Å². The molecule has 10 heteroatoms. The number of rotatable bonds is 6. The number of thiocarbonyl (C=S) groups is 1. The zero-order valence-corrected chi connectivity index (χ0v) is 18.4. The highest BCUT2D eigenvalue weighted by molar-refractivity contribution is 7.80. The number of aliphatic hydroxyl groups is 2. The van der Waals surface area contributed by atoms with Crippen molar-refractivity contribution in [2.24, 2.45) is 5.92 Å². The van der Waals surface area contributed by atoms with Gasteiger partial charge >= 0.3 is 0 Å². The van der Waals surface area contributed by atoms with Crippen LogP contribution in [0.2, 0.25) is 0 Å². The number of hydrogen-bond acceptors (Lipinski definition) is 7. The molecule has 9 nitrogen and oxygen atoms in total. The van der Waals surface area contributed by atoms with Gasteiger partial charge in [0.1, 0.15) is 11.9 Å². The van der Waals surface area contributed by atoms with Crippen LogP contribution in [0.25, 0.3) is 0 Å². The van der Waals surface area contributed by atoms with Crippen LogP contribution in [-0.4, -0.2) is 96.9 Å². The van der Waals surface area contributed by atoms with Gasteiger partial charge in [0.25, 0.3) is 0 Å². The van der Waals surface area contributed by atoms with E-state index >= 15 is 0 Å². The van der Waals surface area contributed by atoms with Crippen LogP contribution in [0.15, 0.2) is 24.3 Å². The van der Waals surface area contributed by atoms with Crippen LogP contribution in [0.4, 0.5) is 5.69 Å². The fraction of sp³-hybridized carbons (Fsp3) is 0.619. The molecule has 0 aromatic heterocycles. The maximum Gasteiger partial charge on any atom is 0.225 e. The van der Waals surface area contributed by atoms with Gasteiger partial charge in [-0.3, -0.25) is 9.69 Å². The zero-order valence-electron chi connectivity index (χ0n) is 17.6. The van der Waals surface area contributed by atoms with Crippen LogP contribution in [0, 0.1) is 5.92 Å². The Balaban J connectivity index is 1.49. The van der Waals surface area contributed by atoms with Gasteiger partial charge in [0.05, 0.1) is 44.4 Å². The minimum absolute atomic E-state index is 0.140. The molecule has 1 amide bonds. The number of benzene rings is 1. The second-order valence-electron chi connectivity index (χ2n) is 8.18. The average Bonchev–Trinajstić information content (AvgIpc) is 3.14. The Morgan fingerprint density at radius 2 is 2.00 bits per heavy atom. The Kier molecular flexibility index (Phi) is 6.92. The number of hydrogen-bond donors (Lipinski definition) is 4. The minimum atomic E-state index is -1.01. The predicted molar refractivity (Wildman–Crippen MR) is 119 cm³/mol. The van der Waals surface area contributed by atoms with Gasteiger partial charge in [-0.2, -0.15) is 0 Å². The molecule has 2 aliphatic heterocycles. The smallest absolute Gasteiger partial charge is 0.225 e. The summed E-state index contributed by atoms with van der Waals surface area (Å²) in [5.41, 5.74) is 0.806. The van der Waals surface area contributed by atoms with Crippen LogP contribution in [0.1, 0.15) is 6.42 Å². The molecule has 4 N–H and O–H groups in total. The lowest BCUT2D eigenvalue weighted by molar-refractivity contribution is -0.131. The molecule has 4 rings (SSSR count). The van der Waals surface area contributed by atoms with E-state index in [4.69, 9.17) is 21.7 Å². The maximum atomic E-state index is 13.2. The fourth-order valence-electron chi connectivity index (χ4n) is 4.68. The summed E-state index contributed by atoms with van der Waals surface area (Å²) in [4.78, 5) is 17.3. The van der Waals surface area contributed by atoms with Gasteiger partial charge in [-0.15, -0.1) is 0 Å². The molecule has 1 aromatic rings. The van der Waals surface area contributed by atoms with E-state index < -0.39 is 30.2 Å². The van der Waals surface area contributed by atoms with Gasteiger partial charge in [0, 0.05) is 31.9 Å². The first-order chi connectivity index (χ1) is 15.0. The summed E-state index contributed by atoms with van der Waals surface area (Å²) in [5.74, 6) is 0.0530. The van der Waals surface area contributed by atoms with Crippen LogP contribution in [-0.2, 0) is 9.53 Å². The fourth-order valence-corrected chi connectivity index (χ4v) is 5.04. The Morgan fingerprint density at radius 1 is 1.29 bits per heavy atom. The number of nitrogens with zero attached hydrogens (tertiary/aromatic N) is 2. The third kappa shape index (κ3) is 4.63. The summed E-state index contributed by atoms with van der Waals surface area (Å²) in [6.45, 7) is 4.41. The highest BCUT2D eigenvalue weighted by Gasteiger charge is 2.53. The van der Waals surface area contributed by atoms with E-state index in [1.54, 1.807) is 7.11 Å². The molecule has 3 fully saturated rings. The molecule has 2 saturated heterocycles. The van der Waals surface area contributed by atoms with Crippen molar-refractivity contribution in [1.82, 2.24) is 15.5 Å². The first kappa shape index (κ1) is 22.2. The van der Waals surface area contributed by atoms with Crippen molar-refractivity contribution in [1.29, 1.82) is 0 Å². The molecule has 1 aliphatic carbocycles. The van der Waals surface area contributed by atoms with Crippen molar-refractivity contribution in [3.63, 3.8) is 0 Å². The largest absolute Gasteiger partial charge is 0.497 e. The SMILES string of the molecule is COc1ccc(N2C(=S)N[C@H]3[C@@H](O)[C@H](O)C[C@@H](C(=O)NCCN4CCOCC4)[C@H]32)cc1. The number of carbonyl (C=O) groups excluding carboxylic acids is 1. The van der Waals surface area contributed by atoms with E-state index in [9.17, 15) is 15.0 Å². The van der Waals surface area contributed by atoms with Crippen LogP contribution in [0.3, 0.4) is 0 Å². The Bertz CT molecular complexity index is 788. The van der Waals surface area contributed by atoms with Gasteiger partial charge in [0.2, 0.25) is 5.91 Å². The van der Waals surface area contributed by atoms with Crippen molar-refractivity contribution < 1.29 is 24.5 Å². The van der Waals surface area contributed by atoms with E-state index in [2.05, 4.69) is 15.5 Å². The summed E-state index contributed by atoms with van der Waals surface area (Å²) < 4.78 is 10.6. The van der Waals surface area contributed by atoms with Crippen LogP contribution >= 0.6 is 12.2 Å². The lowest BCUT2D eigenvalue weighted by Crippen LogP contribution is -2.61. The second kappa shape index (κ2) is 9.66. The minimum Gasteiger partial charge on any atom is -0.497 e.